The van der Waals surface area contributed by atoms with Crippen LogP contribution in [-0.4, -0.2) is 40.0 Å². The van der Waals surface area contributed by atoms with Crippen molar-refractivity contribution in [1.29, 1.82) is 0 Å². The van der Waals surface area contributed by atoms with Crippen LogP contribution in [0.5, 0.6) is 0 Å². The Morgan fingerprint density at radius 3 is 2.50 bits per heavy atom. The van der Waals surface area contributed by atoms with Crippen LogP contribution in [0.2, 0.25) is 0 Å². The highest BCUT2D eigenvalue weighted by Gasteiger charge is 2.16. The first-order valence-corrected chi connectivity index (χ1v) is 7.93. The zero-order chi connectivity index (χ0) is 16.6. The van der Waals surface area contributed by atoms with Gasteiger partial charge in [-0.15, -0.1) is 6.58 Å². The van der Waals surface area contributed by atoms with Gasteiger partial charge in [-0.05, 0) is 19.1 Å². The zero-order valence-electron chi connectivity index (χ0n) is 12.2. The SMILES string of the molecule is C=CCNC(=O)COC(=O)CNS(=O)(=O)c1ccc(C)cc1. The third-order valence-electron chi connectivity index (χ3n) is 2.55. The second kappa shape index (κ2) is 8.30. The second-order valence-electron chi connectivity index (χ2n) is 4.39. The molecule has 8 heteroatoms. The number of aryl methyl sites for hydroxylation is 1. The molecule has 1 aromatic carbocycles. The van der Waals surface area contributed by atoms with Gasteiger partial charge in [-0.25, -0.2) is 8.42 Å². The fourth-order valence-electron chi connectivity index (χ4n) is 1.39. The molecule has 0 aliphatic heterocycles. The lowest BCUT2D eigenvalue weighted by Crippen LogP contribution is -2.34. The van der Waals surface area contributed by atoms with Gasteiger partial charge in [0.1, 0.15) is 6.54 Å². The number of hydrogen-bond acceptors (Lipinski definition) is 5. The highest BCUT2D eigenvalue weighted by molar-refractivity contribution is 7.89. The number of carbonyl (C=O) groups excluding carboxylic acids is 2. The van der Waals surface area contributed by atoms with E-state index in [1.165, 1.54) is 18.2 Å². The number of benzene rings is 1. The molecular formula is C14H18N2O5S. The highest BCUT2D eigenvalue weighted by atomic mass is 32.2. The van der Waals surface area contributed by atoms with Gasteiger partial charge in [-0.2, -0.15) is 4.72 Å². The summed E-state index contributed by atoms with van der Waals surface area (Å²) in [4.78, 5) is 22.6. The number of amides is 1. The minimum absolute atomic E-state index is 0.0506. The molecule has 22 heavy (non-hydrogen) atoms. The summed E-state index contributed by atoms with van der Waals surface area (Å²) in [5.74, 6) is -1.33. The van der Waals surface area contributed by atoms with E-state index in [0.29, 0.717) is 0 Å². The number of esters is 1. The Hall–Kier alpha value is -2.19. The van der Waals surface area contributed by atoms with Gasteiger partial charge in [0.25, 0.3) is 5.91 Å². The van der Waals surface area contributed by atoms with Crippen LogP contribution in [-0.2, 0) is 24.3 Å². The maximum absolute atomic E-state index is 11.9. The van der Waals surface area contributed by atoms with E-state index in [1.54, 1.807) is 12.1 Å². The van der Waals surface area contributed by atoms with Gasteiger partial charge in [0.15, 0.2) is 6.61 Å². The predicted octanol–water partition coefficient (Wildman–Crippen LogP) is 0.119. The standard InChI is InChI=1S/C14H18N2O5S/c1-3-8-15-13(17)10-21-14(18)9-16-22(19,20)12-6-4-11(2)5-7-12/h3-7,16H,1,8-10H2,2H3,(H,15,17). The first-order valence-electron chi connectivity index (χ1n) is 6.44. The van der Waals surface area contributed by atoms with E-state index in [9.17, 15) is 18.0 Å². The molecule has 1 aromatic rings. The van der Waals surface area contributed by atoms with Gasteiger partial charge < -0.3 is 10.1 Å². The molecule has 0 aromatic heterocycles. The fraction of sp³-hybridized carbons (Fsp3) is 0.286. The molecule has 0 saturated carbocycles. The van der Waals surface area contributed by atoms with Gasteiger partial charge in [0, 0.05) is 6.54 Å². The van der Waals surface area contributed by atoms with E-state index >= 15 is 0 Å². The first kappa shape index (κ1) is 17.9. The lowest BCUT2D eigenvalue weighted by Gasteiger charge is -2.07. The third kappa shape index (κ3) is 6.06. The molecule has 0 aliphatic rings. The van der Waals surface area contributed by atoms with Crippen molar-refractivity contribution >= 4 is 21.9 Å². The minimum atomic E-state index is -3.79. The molecule has 0 spiro atoms. The van der Waals surface area contributed by atoms with Gasteiger partial charge >= 0.3 is 5.97 Å². The average molecular weight is 326 g/mol. The highest BCUT2D eigenvalue weighted by Crippen LogP contribution is 2.09. The molecular weight excluding hydrogens is 308 g/mol. The van der Waals surface area contributed by atoms with Gasteiger partial charge in [0.05, 0.1) is 4.90 Å². The smallest absolute Gasteiger partial charge is 0.321 e. The van der Waals surface area contributed by atoms with E-state index in [0.717, 1.165) is 5.56 Å². The number of sulfonamides is 1. The largest absolute Gasteiger partial charge is 0.455 e. The van der Waals surface area contributed by atoms with Crippen molar-refractivity contribution < 1.29 is 22.7 Å². The van der Waals surface area contributed by atoms with Crippen molar-refractivity contribution in [2.45, 2.75) is 11.8 Å². The molecule has 0 bridgehead atoms. The summed E-state index contributed by atoms with van der Waals surface area (Å²) in [6.07, 6.45) is 1.48. The summed E-state index contributed by atoms with van der Waals surface area (Å²) < 4.78 is 30.6. The molecule has 0 saturated heterocycles. The van der Waals surface area contributed by atoms with Gasteiger partial charge in [-0.1, -0.05) is 23.8 Å². The first-order chi connectivity index (χ1) is 10.3. The topological polar surface area (TPSA) is 102 Å². The number of rotatable bonds is 8. The number of hydrogen-bond donors (Lipinski definition) is 2. The van der Waals surface area contributed by atoms with Crippen LogP contribution >= 0.6 is 0 Å². The van der Waals surface area contributed by atoms with Crippen LogP contribution in [0.15, 0.2) is 41.8 Å². The molecule has 120 valence electrons. The quantitative estimate of drug-likeness (QED) is 0.522. The van der Waals surface area contributed by atoms with Crippen molar-refractivity contribution in [2.75, 3.05) is 19.7 Å². The summed E-state index contributed by atoms with van der Waals surface area (Å²) in [6.45, 7) is 4.49. The molecule has 1 amide bonds. The maximum Gasteiger partial charge on any atom is 0.321 e. The average Bonchev–Trinajstić information content (AvgIpc) is 2.49. The minimum Gasteiger partial charge on any atom is -0.455 e. The van der Waals surface area contributed by atoms with E-state index in [4.69, 9.17) is 0 Å². The zero-order valence-corrected chi connectivity index (χ0v) is 13.0. The Morgan fingerprint density at radius 2 is 1.91 bits per heavy atom. The maximum atomic E-state index is 11.9. The van der Waals surface area contributed by atoms with Crippen LogP contribution in [0, 0.1) is 6.92 Å². The van der Waals surface area contributed by atoms with Crippen LogP contribution in [0.1, 0.15) is 5.56 Å². The second-order valence-corrected chi connectivity index (χ2v) is 6.16. The number of nitrogens with one attached hydrogen (secondary N) is 2. The Morgan fingerprint density at radius 1 is 1.27 bits per heavy atom. The van der Waals surface area contributed by atoms with E-state index in [1.807, 2.05) is 6.92 Å². The van der Waals surface area contributed by atoms with Crippen molar-refractivity contribution in [3.63, 3.8) is 0 Å². The molecule has 0 unspecified atom stereocenters. The molecule has 2 N–H and O–H groups in total. The van der Waals surface area contributed by atoms with Crippen molar-refractivity contribution in [1.82, 2.24) is 10.0 Å². The molecule has 7 nitrogen and oxygen atoms in total. The molecule has 0 heterocycles. The summed E-state index contributed by atoms with van der Waals surface area (Å²) in [6, 6.07) is 6.17. The molecule has 1 rings (SSSR count). The van der Waals surface area contributed by atoms with Gasteiger partial charge in [-0.3, -0.25) is 9.59 Å². The summed E-state index contributed by atoms with van der Waals surface area (Å²) >= 11 is 0. The lowest BCUT2D eigenvalue weighted by atomic mass is 10.2. The predicted molar refractivity (Wildman–Crippen MR) is 80.5 cm³/mol. The van der Waals surface area contributed by atoms with E-state index < -0.39 is 35.1 Å². The normalized spacial score (nSPS) is 10.8. The lowest BCUT2D eigenvalue weighted by molar-refractivity contribution is -0.147. The summed E-state index contributed by atoms with van der Waals surface area (Å²) in [5.41, 5.74) is 0.920. The Balaban J connectivity index is 2.44. The van der Waals surface area contributed by atoms with Crippen LogP contribution in [0.3, 0.4) is 0 Å². The van der Waals surface area contributed by atoms with Gasteiger partial charge in [0.2, 0.25) is 10.0 Å². The van der Waals surface area contributed by atoms with Crippen molar-refractivity contribution in [3.05, 3.63) is 42.5 Å². The monoisotopic (exact) mass is 326 g/mol. The van der Waals surface area contributed by atoms with Crippen LogP contribution in [0.4, 0.5) is 0 Å². The Bertz CT molecular complexity index is 638. The summed E-state index contributed by atoms with van der Waals surface area (Å²) in [5, 5.41) is 2.42. The molecule has 0 aliphatic carbocycles. The van der Waals surface area contributed by atoms with Crippen LogP contribution < -0.4 is 10.0 Å². The molecule has 0 radical (unpaired) electrons. The molecule has 0 atom stereocenters. The Labute approximate surface area is 129 Å². The van der Waals surface area contributed by atoms with E-state index in [2.05, 4.69) is 21.4 Å². The fourth-order valence-corrected chi connectivity index (χ4v) is 2.36. The number of carbonyl (C=O) groups is 2. The summed E-state index contributed by atoms with van der Waals surface area (Å²) in [7, 11) is -3.79. The number of ether oxygens (including phenoxy) is 1. The Kier molecular flexibility index (Phi) is 6.74. The molecule has 0 fully saturated rings. The third-order valence-corrected chi connectivity index (χ3v) is 3.96. The van der Waals surface area contributed by atoms with Crippen LogP contribution in [0.25, 0.3) is 0 Å². The van der Waals surface area contributed by atoms with Crippen molar-refractivity contribution in [2.24, 2.45) is 0 Å². The van der Waals surface area contributed by atoms with Crippen molar-refractivity contribution in [3.8, 4) is 0 Å². The van der Waals surface area contributed by atoms with E-state index in [-0.39, 0.29) is 11.4 Å².